The van der Waals surface area contributed by atoms with Crippen molar-refractivity contribution in [1.82, 2.24) is 40.6 Å². The first kappa shape index (κ1) is 48.3. The van der Waals surface area contributed by atoms with Crippen molar-refractivity contribution in [2.75, 3.05) is 60.3 Å². The van der Waals surface area contributed by atoms with E-state index >= 15 is 0 Å². The predicted octanol–water partition coefficient (Wildman–Crippen LogP) is 9.11. The Balaban J connectivity index is 0.000000270. The summed E-state index contributed by atoms with van der Waals surface area (Å²) in [5.74, 6) is 6.39. The van der Waals surface area contributed by atoms with Gasteiger partial charge in [0.15, 0.2) is 5.69 Å². The topological polar surface area (TPSA) is 205 Å². The van der Waals surface area contributed by atoms with E-state index in [-0.39, 0.29) is 11.9 Å². The predicted molar refractivity (Wildman–Crippen MR) is 253 cm³/mol. The lowest BCUT2D eigenvalue weighted by Crippen LogP contribution is -2.23. The lowest BCUT2D eigenvalue weighted by Gasteiger charge is -2.22. The molecule has 0 bridgehead atoms. The van der Waals surface area contributed by atoms with E-state index in [0.29, 0.717) is 36.4 Å². The number of benzene rings is 2. The average molecular weight is 870 g/mol. The monoisotopic (exact) mass is 869 g/mol. The zero-order chi connectivity index (χ0) is 44.1. The molecule has 0 unspecified atom stereocenters. The summed E-state index contributed by atoms with van der Waals surface area (Å²) in [6.07, 6.45) is 14.4. The smallest absolute Gasteiger partial charge is 0.222 e. The summed E-state index contributed by atoms with van der Waals surface area (Å²) in [6, 6.07) is 12.0. The number of hydrogen-bond acceptors (Lipinski definition) is 15. The van der Waals surface area contributed by atoms with Gasteiger partial charge >= 0.3 is 0 Å². The summed E-state index contributed by atoms with van der Waals surface area (Å²) in [7, 11) is 3.31. The van der Waals surface area contributed by atoms with E-state index < -0.39 is 0 Å². The first-order valence-corrected chi connectivity index (χ1v) is 23.6. The number of thioether (sulfide) groups is 2. The Kier molecular flexibility index (Phi) is 20.2. The number of rotatable bonds is 23. The SMILES string of the molecule is CCCC[C@@H](CCSC)Nc1nc(N)nc(C)c1Cc1cc(-c2nn[nH]n2)ccc1OC.[C-]#[N+]c1ccc(OC)c(Cc2c(C)nc(N)nc2N[C@@H](CCCC)CCSC)c1. The standard InChI is InChI=1S/C22H32N8OS.C22H31N5OS/c1-5-6-7-17(10-11-32-4)25-21-18(14(2)24-22(23)26-21)13-16-12-15(8-9-19(16)31-3)20-27-29-30-28-20;1-6-7-8-17(11-12-29-5)26-21-19(15(2)25-22(23)27-21)14-16-13-18(24-3)9-10-20(16)28-4/h8-9,12,17H,5-7,10-11,13H2,1-4H3,(H3,23,24,25,26)(H,27,28,29,30);9-10,13,17H,6-8,11-12,14H2,1-2,4-5H3,(H3,23,25,26,27)/t2*17-/m00/s1. The summed E-state index contributed by atoms with van der Waals surface area (Å²) >= 11 is 3.71. The van der Waals surface area contributed by atoms with Crippen LogP contribution >= 0.6 is 23.5 Å². The van der Waals surface area contributed by atoms with Crippen molar-refractivity contribution >= 4 is 52.7 Å². The van der Waals surface area contributed by atoms with Gasteiger partial charge in [0, 0.05) is 53.0 Å². The van der Waals surface area contributed by atoms with Gasteiger partial charge in [0.05, 0.1) is 20.8 Å². The summed E-state index contributed by atoms with van der Waals surface area (Å²) in [4.78, 5) is 21.5. The zero-order valence-electron chi connectivity index (χ0n) is 37.0. The molecule has 3 heterocycles. The van der Waals surface area contributed by atoms with E-state index in [0.717, 1.165) is 112 Å². The number of nitrogens with zero attached hydrogens (tertiary/aromatic N) is 8. The Morgan fingerprint density at radius 2 is 1.25 bits per heavy atom. The lowest BCUT2D eigenvalue weighted by atomic mass is 10.00. The first-order chi connectivity index (χ1) is 29.6. The van der Waals surface area contributed by atoms with Crippen LogP contribution in [0.1, 0.15) is 98.9 Å². The maximum atomic E-state index is 7.31. The highest BCUT2D eigenvalue weighted by molar-refractivity contribution is 7.98. The van der Waals surface area contributed by atoms with Gasteiger partial charge in [-0.05, 0) is 110 Å². The molecular weight excluding hydrogens is 807 g/mol. The molecule has 0 aliphatic rings. The molecule has 2 atom stereocenters. The number of unbranched alkanes of at least 4 members (excludes halogenated alkanes) is 2. The highest BCUT2D eigenvalue weighted by atomic mass is 32.2. The quantitative estimate of drug-likeness (QED) is 0.0388. The molecule has 0 radical (unpaired) electrons. The lowest BCUT2D eigenvalue weighted by molar-refractivity contribution is 0.410. The Morgan fingerprint density at radius 3 is 1.69 bits per heavy atom. The van der Waals surface area contributed by atoms with Gasteiger partial charge in [0.1, 0.15) is 23.1 Å². The maximum absolute atomic E-state index is 7.31. The van der Waals surface area contributed by atoms with Crippen LogP contribution in [0.2, 0.25) is 0 Å². The van der Waals surface area contributed by atoms with E-state index in [4.69, 9.17) is 27.5 Å². The van der Waals surface area contributed by atoms with E-state index in [1.807, 2.05) is 67.7 Å². The van der Waals surface area contributed by atoms with Crippen molar-refractivity contribution in [2.24, 2.45) is 0 Å². The normalized spacial score (nSPS) is 11.9. The number of H-pyrrole nitrogens is 1. The molecule has 0 aliphatic heterocycles. The largest absolute Gasteiger partial charge is 0.497 e. The number of nitrogens with two attached hydrogens (primary N) is 2. The van der Waals surface area contributed by atoms with Crippen LogP contribution in [-0.4, -0.2) is 90.9 Å². The van der Waals surface area contributed by atoms with E-state index in [9.17, 15) is 0 Å². The molecule has 328 valence electrons. The molecule has 0 fully saturated rings. The molecule has 0 amide bonds. The van der Waals surface area contributed by atoms with Gasteiger partial charge in [-0.3, -0.25) is 0 Å². The van der Waals surface area contributed by atoms with Gasteiger partial charge in [0.2, 0.25) is 17.7 Å². The molecule has 0 spiro atoms. The molecule has 7 N–H and O–H groups in total. The summed E-state index contributed by atoms with van der Waals surface area (Å²) in [5, 5.41) is 21.7. The van der Waals surface area contributed by atoms with Crippen LogP contribution in [0, 0.1) is 20.4 Å². The first-order valence-electron chi connectivity index (χ1n) is 20.8. The minimum atomic E-state index is 0.273. The second kappa shape index (κ2) is 25.4. The fourth-order valence-corrected chi connectivity index (χ4v) is 8.02. The summed E-state index contributed by atoms with van der Waals surface area (Å²) in [6.45, 7) is 15.7. The molecule has 0 saturated heterocycles. The van der Waals surface area contributed by atoms with Crippen molar-refractivity contribution < 1.29 is 9.47 Å². The minimum Gasteiger partial charge on any atom is -0.497 e. The Morgan fingerprint density at radius 1 is 0.738 bits per heavy atom. The molecule has 5 rings (SSSR count). The molecule has 0 aliphatic carbocycles. The van der Waals surface area contributed by atoms with Gasteiger partial charge in [-0.15, -0.1) is 10.2 Å². The van der Waals surface area contributed by atoms with Crippen molar-refractivity contribution in [2.45, 2.75) is 104 Å². The van der Waals surface area contributed by atoms with Crippen LogP contribution in [0.3, 0.4) is 0 Å². The van der Waals surface area contributed by atoms with Gasteiger partial charge in [0.25, 0.3) is 0 Å². The third-order valence-electron chi connectivity index (χ3n) is 10.3. The number of nitrogen functional groups attached to an aromatic ring is 2. The molecule has 61 heavy (non-hydrogen) atoms. The number of aryl methyl sites for hydroxylation is 2. The van der Waals surface area contributed by atoms with Crippen molar-refractivity contribution in [1.29, 1.82) is 0 Å². The van der Waals surface area contributed by atoms with Crippen molar-refractivity contribution in [3.8, 4) is 22.9 Å². The van der Waals surface area contributed by atoms with Crippen molar-refractivity contribution in [3.63, 3.8) is 0 Å². The van der Waals surface area contributed by atoms with E-state index in [2.05, 4.69) is 82.4 Å². The number of ether oxygens (including phenoxy) is 2. The number of nitrogens with one attached hydrogen (secondary N) is 3. The van der Waals surface area contributed by atoms with E-state index in [1.165, 1.54) is 12.8 Å². The fourth-order valence-electron chi connectivity index (χ4n) is 6.98. The highest BCUT2D eigenvalue weighted by Crippen LogP contribution is 2.32. The number of aromatic amines is 1. The number of hydrogen-bond donors (Lipinski definition) is 5. The fraction of sp³-hybridized carbons (Fsp3) is 0.500. The number of methoxy groups -OCH3 is 2. The van der Waals surface area contributed by atoms with Gasteiger partial charge in [-0.2, -0.15) is 38.7 Å². The third kappa shape index (κ3) is 14.7. The number of tetrazole rings is 1. The van der Waals surface area contributed by atoms with Crippen LogP contribution in [0.15, 0.2) is 36.4 Å². The summed E-state index contributed by atoms with van der Waals surface area (Å²) < 4.78 is 11.1. The minimum absolute atomic E-state index is 0.273. The Bertz CT molecular complexity index is 2130. The Hall–Kier alpha value is -5.34. The molecular formula is C44H63N13O2S2. The average Bonchev–Trinajstić information content (AvgIpc) is 3.80. The second-order valence-corrected chi connectivity index (χ2v) is 16.7. The van der Waals surface area contributed by atoms with Gasteiger partial charge in [-0.25, -0.2) is 14.8 Å². The summed E-state index contributed by atoms with van der Waals surface area (Å²) in [5.41, 5.74) is 19.1. The van der Waals surface area contributed by atoms with Gasteiger partial charge < -0.3 is 31.6 Å². The zero-order valence-corrected chi connectivity index (χ0v) is 38.6. The molecule has 2 aromatic carbocycles. The van der Waals surface area contributed by atoms with Crippen LogP contribution < -0.4 is 31.6 Å². The van der Waals surface area contributed by atoms with Crippen LogP contribution in [0.25, 0.3) is 16.2 Å². The molecule has 15 nitrogen and oxygen atoms in total. The van der Waals surface area contributed by atoms with Gasteiger partial charge in [-0.1, -0.05) is 45.6 Å². The highest BCUT2D eigenvalue weighted by Gasteiger charge is 2.20. The van der Waals surface area contributed by atoms with E-state index in [1.54, 1.807) is 20.3 Å². The maximum Gasteiger partial charge on any atom is 0.222 e. The number of aromatic nitrogens is 8. The van der Waals surface area contributed by atoms with Crippen LogP contribution in [0.5, 0.6) is 11.5 Å². The van der Waals surface area contributed by atoms with Crippen LogP contribution in [0.4, 0.5) is 29.2 Å². The second-order valence-electron chi connectivity index (χ2n) is 14.7. The molecule has 5 aromatic rings. The molecule has 0 saturated carbocycles. The molecule has 17 heteroatoms. The molecule has 3 aromatic heterocycles. The Labute approximate surface area is 370 Å². The number of anilines is 4. The third-order valence-corrected chi connectivity index (χ3v) is 11.6. The van der Waals surface area contributed by atoms with Crippen LogP contribution in [-0.2, 0) is 12.8 Å². The van der Waals surface area contributed by atoms with Crippen molar-refractivity contribution in [3.05, 3.63) is 81.5 Å².